The molecule has 96 valence electrons. The summed E-state index contributed by atoms with van der Waals surface area (Å²) in [5.41, 5.74) is -1.10. The lowest BCUT2D eigenvalue weighted by molar-refractivity contribution is -0.127. The van der Waals surface area contributed by atoms with Crippen LogP contribution >= 0.6 is 0 Å². The summed E-state index contributed by atoms with van der Waals surface area (Å²) in [6, 6.07) is 0.523. The summed E-state index contributed by atoms with van der Waals surface area (Å²) >= 11 is 0. The number of piperazine rings is 1. The van der Waals surface area contributed by atoms with Gasteiger partial charge in [0.25, 0.3) is 5.91 Å². The fourth-order valence-electron chi connectivity index (χ4n) is 1.73. The Kier molecular flexibility index (Phi) is 4.55. The van der Waals surface area contributed by atoms with Crippen LogP contribution in [0, 0.1) is 11.8 Å². The minimum Gasteiger partial charge on any atom is -0.378 e. The Balaban J connectivity index is 2.49. The van der Waals surface area contributed by atoms with Gasteiger partial charge in [-0.15, -0.1) is 0 Å². The van der Waals surface area contributed by atoms with Crippen molar-refractivity contribution in [2.45, 2.75) is 39.3 Å². The monoisotopic (exact) mass is 238 g/mol. The Hall–Kier alpha value is -1.05. The molecule has 1 aliphatic rings. The summed E-state index contributed by atoms with van der Waals surface area (Å²) in [6.45, 7) is 10.7. The van der Waals surface area contributed by atoms with Gasteiger partial charge in [0.15, 0.2) is 0 Å². The number of hydrogen-bond acceptors (Lipinski definition) is 3. The predicted molar refractivity (Wildman–Crippen MR) is 67.4 cm³/mol. The van der Waals surface area contributed by atoms with E-state index in [1.807, 2.05) is 0 Å². The molecule has 0 aromatic rings. The van der Waals surface area contributed by atoms with Crippen molar-refractivity contribution in [3.63, 3.8) is 0 Å². The number of amides is 1. The van der Waals surface area contributed by atoms with Crippen LogP contribution in [-0.2, 0) is 4.79 Å². The second-order valence-corrected chi connectivity index (χ2v) is 5.23. The van der Waals surface area contributed by atoms with E-state index in [1.165, 1.54) is 0 Å². The van der Waals surface area contributed by atoms with Gasteiger partial charge in [0.05, 0.1) is 0 Å². The van der Waals surface area contributed by atoms with Gasteiger partial charge in [0.2, 0.25) is 0 Å². The second kappa shape index (κ2) is 5.52. The summed E-state index contributed by atoms with van der Waals surface area (Å²) in [7, 11) is 0. The molecule has 0 aromatic carbocycles. The van der Waals surface area contributed by atoms with E-state index in [9.17, 15) is 9.90 Å². The summed E-state index contributed by atoms with van der Waals surface area (Å²) in [4.78, 5) is 15.8. The maximum absolute atomic E-state index is 11.7. The molecule has 1 saturated heterocycles. The van der Waals surface area contributed by atoms with Crippen LogP contribution in [0.2, 0.25) is 0 Å². The average molecular weight is 238 g/mol. The van der Waals surface area contributed by atoms with Crippen molar-refractivity contribution in [3.8, 4) is 11.8 Å². The van der Waals surface area contributed by atoms with Gasteiger partial charge in [-0.05, 0) is 33.6 Å². The fraction of sp³-hybridized carbons (Fsp3) is 0.769. The van der Waals surface area contributed by atoms with Crippen LogP contribution in [0.25, 0.3) is 0 Å². The molecule has 1 aliphatic heterocycles. The number of hydrogen-bond donors (Lipinski definition) is 1. The zero-order chi connectivity index (χ0) is 13.1. The van der Waals surface area contributed by atoms with Crippen molar-refractivity contribution in [2.24, 2.45) is 0 Å². The molecule has 17 heavy (non-hydrogen) atoms. The molecule has 4 nitrogen and oxygen atoms in total. The van der Waals surface area contributed by atoms with E-state index in [-0.39, 0.29) is 5.91 Å². The van der Waals surface area contributed by atoms with Gasteiger partial charge in [-0.2, -0.15) is 0 Å². The third-order valence-corrected chi connectivity index (χ3v) is 2.81. The van der Waals surface area contributed by atoms with Crippen molar-refractivity contribution in [1.29, 1.82) is 0 Å². The first-order valence-corrected chi connectivity index (χ1v) is 6.08. The van der Waals surface area contributed by atoms with E-state index >= 15 is 0 Å². The molecule has 1 rings (SSSR count). The van der Waals surface area contributed by atoms with Crippen LogP contribution in [0.4, 0.5) is 0 Å². The van der Waals surface area contributed by atoms with E-state index in [4.69, 9.17) is 0 Å². The predicted octanol–water partition coefficient (Wildman–Crippen LogP) is 0.313. The van der Waals surface area contributed by atoms with Gasteiger partial charge in [0.1, 0.15) is 5.60 Å². The van der Waals surface area contributed by atoms with Crippen LogP contribution in [0.5, 0.6) is 0 Å². The van der Waals surface area contributed by atoms with Gasteiger partial charge in [-0.1, -0.05) is 5.92 Å². The highest BCUT2D eigenvalue weighted by atomic mass is 16.3. The molecule has 1 N–H and O–H groups in total. The molecule has 0 atom stereocenters. The minimum absolute atomic E-state index is 0.185. The zero-order valence-corrected chi connectivity index (χ0v) is 11.2. The lowest BCUT2D eigenvalue weighted by Gasteiger charge is -2.36. The highest BCUT2D eigenvalue weighted by Gasteiger charge is 2.21. The summed E-state index contributed by atoms with van der Waals surface area (Å²) in [5.74, 6) is 4.87. The molecule has 0 spiro atoms. The number of nitrogens with zero attached hydrogens (tertiary/aromatic N) is 2. The van der Waals surface area contributed by atoms with Crippen molar-refractivity contribution in [1.82, 2.24) is 9.80 Å². The molecule has 1 heterocycles. The maximum atomic E-state index is 11.7. The largest absolute Gasteiger partial charge is 0.378 e. The van der Waals surface area contributed by atoms with E-state index in [0.717, 1.165) is 26.2 Å². The molecule has 0 aliphatic carbocycles. The van der Waals surface area contributed by atoms with Crippen molar-refractivity contribution >= 4 is 5.91 Å². The van der Waals surface area contributed by atoms with Gasteiger partial charge < -0.3 is 10.0 Å². The minimum atomic E-state index is -1.10. The Morgan fingerprint density at radius 2 is 1.76 bits per heavy atom. The molecule has 0 radical (unpaired) electrons. The number of rotatable bonds is 1. The Labute approximate surface area is 104 Å². The lowest BCUT2D eigenvalue weighted by atomic mass is 10.1. The third kappa shape index (κ3) is 4.76. The molecular formula is C13H22N2O2. The third-order valence-electron chi connectivity index (χ3n) is 2.81. The Morgan fingerprint density at radius 1 is 1.24 bits per heavy atom. The SMILES string of the molecule is CC(C)N1CCN(C(=O)C#CC(C)(C)O)CC1. The van der Waals surface area contributed by atoms with Gasteiger partial charge in [-0.3, -0.25) is 9.69 Å². The zero-order valence-electron chi connectivity index (χ0n) is 11.2. The molecule has 0 bridgehead atoms. The Morgan fingerprint density at radius 3 is 2.18 bits per heavy atom. The van der Waals surface area contributed by atoms with Crippen LogP contribution in [0.15, 0.2) is 0 Å². The van der Waals surface area contributed by atoms with Crippen LogP contribution < -0.4 is 0 Å². The topological polar surface area (TPSA) is 43.8 Å². The van der Waals surface area contributed by atoms with Crippen molar-refractivity contribution in [3.05, 3.63) is 0 Å². The molecule has 1 fully saturated rings. The summed E-state index contributed by atoms with van der Waals surface area (Å²) in [5, 5.41) is 9.43. The molecule has 0 aromatic heterocycles. The van der Waals surface area contributed by atoms with Crippen molar-refractivity contribution < 1.29 is 9.90 Å². The number of carbonyl (C=O) groups is 1. The fourth-order valence-corrected chi connectivity index (χ4v) is 1.73. The first kappa shape index (κ1) is 14.0. The smallest absolute Gasteiger partial charge is 0.298 e. The highest BCUT2D eigenvalue weighted by Crippen LogP contribution is 2.06. The lowest BCUT2D eigenvalue weighted by Crippen LogP contribution is -2.50. The number of aliphatic hydroxyl groups is 1. The summed E-state index contributed by atoms with van der Waals surface area (Å²) in [6.07, 6.45) is 0. The maximum Gasteiger partial charge on any atom is 0.298 e. The van der Waals surface area contributed by atoms with Gasteiger partial charge in [-0.25, -0.2) is 0 Å². The standard InChI is InChI=1S/C13H22N2O2/c1-11(2)14-7-9-15(10-8-14)12(16)5-6-13(3,4)17/h11,17H,7-10H2,1-4H3. The van der Waals surface area contributed by atoms with Gasteiger partial charge in [0, 0.05) is 32.2 Å². The quantitative estimate of drug-likeness (QED) is 0.669. The summed E-state index contributed by atoms with van der Waals surface area (Å²) < 4.78 is 0. The Bertz CT molecular complexity index is 326. The van der Waals surface area contributed by atoms with Gasteiger partial charge >= 0.3 is 0 Å². The van der Waals surface area contributed by atoms with E-state index in [2.05, 4.69) is 30.6 Å². The molecule has 0 unspecified atom stereocenters. The number of carbonyl (C=O) groups excluding carboxylic acids is 1. The molecule has 0 saturated carbocycles. The first-order chi connectivity index (χ1) is 7.79. The highest BCUT2D eigenvalue weighted by molar-refractivity contribution is 5.93. The van der Waals surface area contributed by atoms with Crippen molar-refractivity contribution in [2.75, 3.05) is 26.2 Å². The second-order valence-electron chi connectivity index (χ2n) is 5.23. The van der Waals surface area contributed by atoms with E-state index in [0.29, 0.717) is 6.04 Å². The molecule has 1 amide bonds. The van der Waals surface area contributed by atoms with Crippen LogP contribution in [-0.4, -0.2) is 58.6 Å². The molecule has 4 heteroatoms. The van der Waals surface area contributed by atoms with E-state index in [1.54, 1.807) is 18.7 Å². The van der Waals surface area contributed by atoms with E-state index < -0.39 is 5.60 Å². The van der Waals surface area contributed by atoms with Crippen LogP contribution in [0.1, 0.15) is 27.7 Å². The average Bonchev–Trinajstić information content (AvgIpc) is 2.25. The molecular weight excluding hydrogens is 216 g/mol. The first-order valence-electron chi connectivity index (χ1n) is 6.08. The van der Waals surface area contributed by atoms with Crippen LogP contribution in [0.3, 0.4) is 0 Å². The normalized spacial score (nSPS) is 17.9.